The minimum atomic E-state index is -0.419. The van der Waals surface area contributed by atoms with Gasteiger partial charge in [-0.3, -0.25) is 5.41 Å². The first kappa shape index (κ1) is 14.5. The number of nitrogen functional groups attached to an aromatic ring is 1. The van der Waals surface area contributed by atoms with Gasteiger partial charge in [0.1, 0.15) is 17.4 Å². The van der Waals surface area contributed by atoms with Gasteiger partial charge in [-0.15, -0.1) is 0 Å². The second-order valence-corrected chi connectivity index (χ2v) is 5.21. The first-order chi connectivity index (χ1) is 9.38. The zero-order valence-electron chi connectivity index (χ0n) is 11.0. The van der Waals surface area contributed by atoms with Gasteiger partial charge in [-0.2, -0.15) is 0 Å². The molecule has 1 heterocycles. The average Bonchev–Trinajstić information content (AvgIpc) is 2.32. The molecule has 0 amide bonds. The Morgan fingerprint density at radius 3 is 2.70 bits per heavy atom. The number of halogens is 2. The van der Waals surface area contributed by atoms with Crippen molar-refractivity contribution in [3.05, 3.63) is 51.4 Å². The summed E-state index contributed by atoms with van der Waals surface area (Å²) in [4.78, 5) is 4.23. The number of hydrogen-bond donors (Lipinski definition) is 2. The summed E-state index contributed by atoms with van der Waals surface area (Å²) < 4.78 is 19.5. The Bertz CT molecular complexity index is 688. The molecule has 0 aliphatic carbocycles. The van der Waals surface area contributed by atoms with Crippen molar-refractivity contribution in [2.24, 2.45) is 5.73 Å². The number of aromatic nitrogens is 1. The Kier molecular flexibility index (Phi) is 4.04. The Balaban J connectivity index is 2.53. The fourth-order valence-electron chi connectivity index (χ4n) is 1.86. The van der Waals surface area contributed by atoms with Crippen LogP contribution in [0.5, 0.6) is 11.6 Å². The summed E-state index contributed by atoms with van der Waals surface area (Å²) in [5.74, 6) is -0.0826. The normalized spacial score (nSPS) is 10.4. The molecular weight excluding hydrogens is 325 g/mol. The molecule has 0 saturated carbocycles. The van der Waals surface area contributed by atoms with Gasteiger partial charge in [-0.05, 0) is 53.5 Å². The van der Waals surface area contributed by atoms with Crippen LogP contribution in [0.15, 0.2) is 28.7 Å². The van der Waals surface area contributed by atoms with E-state index in [4.69, 9.17) is 15.9 Å². The maximum absolute atomic E-state index is 13.3. The van der Waals surface area contributed by atoms with Gasteiger partial charge >= 0.3 is 0 Å². The van der Waals surface area contributed by atoms with Crippen LogP contribution in [-0.4, -0.2) is 10.8 Å². The van der Waals surface area contributed by atoms with Crippen LogP contribution in [0.1, 0.15) is 16.8 Å². The highest BCUT2D eigenvalue weighted by molar-refractivity contribution is 9.10. The fourth-order valence-corrected chi connectivity index (χ4v) is 2.19. The van der Waals surface area contributed by atoms with Crippen LogP contribution in [0.3, 0.4) is 0 Å². The van der Waals surface area contributed by atoms with E-state index in [2.05, 4.69) is 20.9 Å². The van der Waals surface area contributed by atoms with Crippen LogP contribution < -0.4 is 10.5 Å². The highest BCUT2D eigenvalue weighted by Gasteiger charge is 2.15. The third-order valence-electron chi connectivity index (χ3n) is 2.68. The summed E-state index contributed by atoms with van der Waals surface area (Å²) in [6.07, 6.45) is 0. The number of nitrogens with two attached hydrogens (primary N) is 1. The molecule has 0 atom stereocenters. The van der Waals surface area contributed by atoms with Crippen LogP contribution in [-0.2, 0) is 0 Å². The lowest BCUT2D eigenvalue weighted by atomic mass is 10.1. The molecule has 0 bridgehead atoms. The van der Waals surface area contributed by atoms with Crippen LogP contribution in [0.4, 0.5) is 4.39 Å². The SMILES string of the molecule is Cc1cc(C)c(C(=N)N)c(Oc2cc(F)ccc2Br)n1. The number of ether oxygens (including phenoxy) is 1. The van der Waals surface area contributed by atoms with E-state index >= 15 is 0 Å². The van der Waals surface area contributed by atoms with Crippen molar-refractivity contribution in [3.63, 3.8) is 0 Å². The second-order valence-electron chi connectivity index (χ2n) is 4.35. The monoisotopic (exact) mass is 337 g/mol. The highest BCUT2D eigenvalue weighted by Crippen LogP contribution is 2.32. The molecule has 0 radical (unpaired) electrons. The molecule has 0 spiro atoms. The highest BCUT2D eigenvalue weighted by atomic mass is 79.9. The number of pyridine rings is 1. The van der Waals surface area contributed by atoms with Gasteiger partial charge in [-0.1, -0.05) is 0 Å². The topological polar surface area (TPSA) is 72.0 Å². The van der Waals surface area contributed by atoms with Crippen LogP contribution in [0.2, 0.25) is 0 Å². The number of aryl methyl sites for hydroxylation is 2. The van der Waals surface area contributed by atoms with E-state index in [1.54, 1.807) is 6.07 Å². The molecule has 3 N–H and O–H groups in total. The lowest BCUT2D eigenvalue weighted by Crippen LogP contribution is -2.15. The van der Waals surface area contributed by atoms with E-state index in [0.717, 1.165) is 11.3 Å². The zero-order chi connectivity index (χ0) is 14.9. The fraction of sp³-hybridized carbons (Fsp3) is 0.143. The van der Waals surface area contributed by atoms with Crippen LogP contribution in [0.25, 0.3) is 0 Å². The quantitative estimate of drug-likeness (QED) is 0.662. The van der Waals surface area contributed by atoms with Crippen LogP contribution >= 0.6 is 15.9 Å². The van der Waals surface area contributed by atoms with E-state index in [1.165, 1.54) is 12.1 Å². The maximum Gasteiger partial charge on any atom is 0.230 e. The molecule has 0 unspecified atom stereocenters. The molecule has 20 heavy (non-hydrogen) atoms. The van der Waals surface area contributed by atoms with Crippen molar-refractivity contribution < 1.29 is 9.13 Å². The zero-order valence-corrected chi connectivity index (χ0v) is 12.6. The Labute approximate surface area is 124 Å². The third-order valence-corrected chi connectivity index (χ3v) is 3.34. The standard InChI is InChI=1S/C14H13BrFN3O/c1-7-5-8(2)19-14(12(7)13(17)18)20-11-6-9(16)3-4-10(11)15/h3-6H,1-2H3,(H3,17,18). The summed E-state index contributed by atoms with van der Waals surface area (Å²) >= 11 is 3.28. The van der Waals surface area contributed by atoms with E-state index in [1.807, 2.05) is 19.9 Å². The largest absolute Gasteiger partial charge is 0.437 e. The van der Waals surface area contributed by atoms with Gasteiger partial charge < -0.3 is 10.5 Å². The van der Waals surface area contributed by atoms with Crippen molar-refractivity contribution in [3.8, 4) is 11.6 Å². The summed E-state index contributed by atoms with van der Waals surface area (Å²) in [5.41, 5.74) is 7.49. The molecule has 0 saturated heterocycles. The lowest BCUT2D eigenvalue weighted by Gasteiger charge is -2.13. The van der Waals surface area contributed by atoms with E-state index in [-0.39, 0.29) is 17.5 Å². The summed E-state index contributed by atoms with van der Waals surface area (Å²) in [5, 5.41) is 7.62. The Hall–Kier alpha value is -1.95. The first-order valence-corrected chi connectivity index (χ1v) is 6.63. The number of rotatable bonds is 3. The van der Waals surface area contributed by atoms with Gasteiger partial charge in [0.15, 0.2) is 0 Å². The van der Waals surface area contributed by atoms with Gasteiger partial charge in [0.05, 0.1) is 10.0 Å². The molecule has 1 aromatic carbocycles. The first-order valence-electron chi connectivity index (χ1n) is 5.84. The van der Waals surface area contributed by atoms with Crippen molar-refractivity contribution in [1.29, 1.82) is 5.41 Å². The van der Waals surface area contributed by atoms with Crippen molar-refractivity contribution in [2.45, 2.75) is 13.8 Å². The van der Waals surface area contributed by atoms with Gasteiger partial charge in [0.25, 0.3) is 0 Å². The van der Waals surface area contributed by atoms with Crippen molar-refractivity contribution >= 4 is 21.8 Å². The summed E-state index contributed by atoms with van der Waals surface area (Å²) in [6, 6.07) is 5.91. The number of nitrogens with zero attached hydrogens (tertiary/aromatic N) is 1. The van der Waals surface area contributed by atoms with Crippen LogP contribution in [0, 0.1) is 25.1 Å². The molecule has 0 fully saturated rings. The average molecular weight is 338 g/mol. The molecule has 104 valence electrons. The van der Waals surface area contributed by atoms with Gasteiger partial charge in [-0.25, -0.2) is 9.37 Å². The Morgan fingerprint density at radius 2 is 2.05 bits per heavy atom. The summed E-state index contributed by atoms with van der Waals surface area (Å²) in [6.45, 7) is 3.63. The minimum Gasteiger partial charge on any atom is -0.437 e. The lowest BCUT2D eigenvalue weighted by molar-refractivity contribution is 0.452. The van der Waals surface area contributed by atoms with Gasteiger partial charge in [0.2, 0.25) is 5.88 Å². The van der Waals surface area contributed by atoms with E-state index in [9.17, 15) is 4.39 Å². The number of benzene rings is 1. The molecule has 2 rings (SSSR count). The predicted molar refractivity (Wildman–Crippen MR) is 78.9 cm³/mol. The number of nitrogens with one attached hydrogen (secondary N) is 1. The molecule has 1 aromatic heterocycles. The van der Waals surface area contributed by atoms with Gasteiger partial charge in [0, 0.05) is 11.8 Å². The summed E-state index contributed by atoms with van der Waals surface area (Å²) in [7, 11) is 0. The van der Waals surface area contributed by atoms with Crippen molar-refractivity contribution in [2.75, 3.05) is 0 Å². The molecule has 4 nitrogen and oxygen atoms in total. The third kappa shape index (κ3) is 2.96. The maximum atomic E-state index is 13.3. The Morgan fingerprint density at radius 1 is 1.35 bits per heavy atom. The molecular formula is C14H13BrFN3O. The molecule has 0 aliphatic heterocycles. The predicted octanol–water partition coefficient (Wildman–Crippen LogP) is 3.68. The van der Waals surface area contributed by atoms with Crippen molar-refractivity contribution in [1.82, 2.24) is 4.98 Å². The second kappa shape index (κ2) is 5.58. The molecule has 2 aromatic rings. The van der Waals surface area contributed by atoms with E-state index in [0.29, 0.717) is 10.0 Å². The van der Waals surface area contributed by atoms with E-state index < -0.39 is 5.82 Å². The smallest absolute Gasteiger partial charge is 0.230 e. The number of amidine groups is 1. The number of hydrogen-bond acceptors (Lipinski definition) is 3. The molecule has 0 aliphatic rings. The molecule has 6 heteroatoms. The minimum absolute atomic E-state index is 0.141.